The van der Waals surface area contributed by atoms with Crippen LogP contribution in [0.1, 0.15) is 48.0 Å². The molecule has 1 saturated carbocycles. The van der Waals surface area contributed by atoms with Crippen molar-refractivity contribution in [3.8, 4) is 0 Å². The first-order chi connectivity index (χ1) is 16.7. The fourth-order valence-electron chi connectivity index (χ4n) is 5.48. The van der Waals surface area contributed by atoms with E-state index in [0.29, 0.717) is 5.91 Å². The number of rotatable bonds is 5. The normalized spacial score (nSPS) is 19.3. The Morgan fingerprint density at radius 1 is 1.06 bits per heavy atom. The number of thiophene rings is 1. The highest BCUT2D eigenvalue weighted by Gasteiger charge is 2.33. The lowest BCUT2D eigenvalue weighted by atomic mass is 9.84. The van der Waals surface area contributed by atoms with Gasteiger partial charge in [0.25, 0.3) is 0 Å². The maximum Gasteiger partial charge on any atom is 0.225 e. The highest BCUT2D eigenvalue weighted by Crippen LogP contribution is 2.39. The molecule has 7 heteroatoms. The summed E-state index contributed by atoms with van der Waals surface area (Å²) in [6.45, 7) is 8.74. The Hall–Kier alpha value is -2.51. The van der Waals surface area contributed by atoms with E-state index in [1.807, 2.05) is 11.3 Å². The minimum atomic E-state index is 0.278. The van der Waals surface area contributed by atoms with Gasteiger partial charge in [-0.1, -0.05) is 43.7 Å². The summed E-state index contributed by atoms with van der Waals surface area (Å²) in [7, 11) is 0. The van der Waals surface area contributed by atoms with Crippen LogP contribution >= 0.6 is 11.3 Å². The summed E-state index contributed by atoms with van der Waals surface area (Å²) >= 11 is 1.86. The van der Waals surface area contributed by atoms with Crippen molar-refractivity contribution in [2.45, 2.75) is 45.6 Å². The van der Waals surface area contributed by atoms with Crippen LogP contribution in [0.2, 0.25) is 0 Å². The minimum Gasteiger partial charge on any atom is -0.352 e. The molecule has 6 nitrogen and oxygen atoms in total. The first-order valence-corrected chi connectivity index (χ1v) is 13.6. The second kappa shape index (κ2) is 9.27. The Balaban J connectivity index is 1.33. The second-order valence-electron chi connectivity index (χ2n) is 9.87. The van der Waals surface area contributed by atoms with Crippen LogP contribution in [-0.4, -0.2) is 64.9 Å². The maximum absolute atomic E-state index is 12.8. The molecule has 1 amide bonds. The summed E-state index contributed by atoms with van der Waals surface area (Å²) in [5, 5.41) is 1.27. The van der Waals surface area contributed by atoms with Gasteiger partial charge >= 0.3 is 0 Å². The molecule has 1 saturated heterocycles. The SMILES string of the molecule is CCN1CCc2c(sc3nc(Cc4ccccc4)nc(N4CCN(C(=O)C5CCC5)CC4)c23)C1. The van der Waals surface area contributed by atoms with E-state index in [-0.39, 0.29) is 5.92 Å². The fraction of sp³-hybridized carbons (Fsp3) is 0.519. The van der Waals surface area contributed by atoms with Crippen molar-refractivity contribution in [2.75, 3.05) is 44.2 Å². The second-order valence-corrected chi connectivity index (χ2v) is 11.0. The van der Waals surface area contributed by atoms with Crippen molar-refractivity contribution in [1.29, 1.82) is 0 Å². The first kappa shape index (κ1) is 22.0. The van der Waals surface area contributed by atoms with Crippen molar-refractivity contribution in [1.82, 2.24) is 19.8 Å². The third-order valence-corrected chi connectivity index (χ3v) is 8.91. The Bertz CT molecular complexity index is 1180. The summed E-state index contributed by atoms with van der Waals surface area (Å²) in [5.41, 5.74) is 2.70. The molecule has 1 aliphatic carbocycles. The van der Waals surface area contributed by atoms with E-state index in [1.54, 1.807) is 0 Å². The van der Waals surface area contributed by atoms with Gasteiger partial charge in [0, 0.05) is 56.5 Å². The van der Waals surface area contributed by atoms with E-state index < -0.39 is 0 Å². The monoisotopic (exact) mass is 475 g/mol. The molecule has 2 fully saturated rings. The van der Waals surface area contributed by atoms with E-state index in [0.717, 1.165) is 88.0 Å². The standard InChI is InChI=1S/C27H33N5OS/c1-2-30-12-11-21-22(18-30)34-26-24(21)25(28-23(29-26)17-19-7-4-3-5-8-19)31-13-15-32(16-14-31)27(33)20-9-6-10-20/h3-5,7-8,20H,2,6,9-18H2,1H3. The molecule has 0 spiro atoms. The van der Waals surface area contributed by atoms with Crippen molar-refractivity contribution >= 4 is 33.3 Å². The number of carbonyl (C=O) groups excluding carboxylic acids is 1. The molecule has 3 aliphatic rings. The molecular formula is C27H33N5OS. The van der Waals surface area contributed by atoms with Crippen LogP contribution in [0.25, 0.3) is 10.2 Å². The van der Waals surface area contributed by atoms with Crippen molar-refractivity contribution in [3.63, 3.8) is 0 Å². The highest BCUT2D eigenvalue weighted by molar-refractivity contribution is 7.19. The third kappa shape index (κ3) is 4.09. The predicted octanol–water partition coefficient (Wildman–Crippen LogP) is 4.11. The number of anilines is 1. The Labute approximate surface area is 205 Å². The van der Waals surface area contributed by atoms with Gasteiger partial charge in [-0.05, 0) is 36.9 Å². The molecule has 1 aromatic carbocycles. The average Bonchev–Trinajstić information content (AvgIpc) is 3.20. The molecule has 6 rings (SSSR count). The summed E-state index contributed by atoms with van der Waals surface area (Å²) in [5.74, 6) is 2.64. The number of amides is 1. The zero-order valence-corrected chi connectivity index (χ0v) is 20.8. The molecule has 178 valence electrons. The van der Waals surface area contributed by atoms with Crippen LogP contribution in [0.5, 0.6) is 0 Å². The lowest BCUT2D eigenvalue weighted by molar-refractivity contribution is -0.138. The van der Waals surface area contributed by atoms with Crippen LogP contribution in [0.4, 0.5) is 5.82 Å². The number of hydrogen-bond donors (Lipinski definition) is 0. The van der Waals surface area contributed by atoms with Crippen LogP contribution in [0.15, 0.2) is 30.3 Å². The van der Waals surface area contributed by atoms with Crippen LogP contribution in [0, 0.1) is 5.92 Å². The summed E-state index contributed by atoms with van der Waals surface area (Å²) in [4.78, 5) is 32.6. The number of aromatic nitrogens is 2. The lowest BCUT2D eigenvalue weighted by Gasteiger charge is -2.39. The number of piperazine rings is 1. The van der Waals surface area contributed by atoms with Crippen molar-refractivity contribution < 1.29 is 4.79 Å². The zero-order chi connectivity index (χ0) is 23.1. The van der Waals surface area contributed by atoms with Gasteiger partial charge < -0.3 is 9.80 Å². The molecule has 2 aliphatic heterocycles. The summed E-state index contributed by atoms with van der Waals surface area (Å²) in [6.07, 6.45) is 5.16. The molecule has 0 bridgehead atoms. The number of fused-ring (bicyclic) bond motifs is 3. The van der Waals surface area contributed by atoms with Gasteiger partial charge in [0.1, 0.15) is 16.5 Å². The van der Waals surface area contributed by atoms with E-state index in [2.05, 4.69) is 52.0 Å². The molecular weight excluding hydrogens is 442 g/mol. The largest absolute Gasteiger partial charge is 0.352 e. The molecule has 0 unspecified atom stereocenters. The van der Waals surface area contributed by atoms with E-state index in [1.165, 1.54) is 27.8 Å². The predicted molar refractivity (Wildman–Crippen MR) is 137 cm³/mol. The first-order valence-electron chi connectivity index (χ1n) is 12.8. The minimum absolute atomic E-state index is 0.278. The van der Waals surface area contributed by atoms with E-state index in [9.17, 15) is 4.79 Å². The molecule has 3 aromatic rings. The van der Waals surface area contributed by atoms with Gasteiger partial charge in [0.15, 0.2) is 0 Å². The topological polar surface area (TPSA) is 52.6 Å². The highest BCUT2D eigenvalue weighted by atomic mass is 32.1. The number of likely N-dealkylation sites (N-methyl/N-ethyl adjacent to an activating group) is 1. The van der Waals surface area contributed by atoms with Gasteiger partial charge in [0.05, 0.1) is 5.39 Å². The fourth-order valence-corrected chi connectivity index (χ4v) is 6.76. The summed E-state index contributed by atoms with van der Waals surface area (Å²) < 4.78 is 0. The van der Waals surface area contributed by atoms with Crippen LogP contribution < -0.4 is 4.90 Å². The molecule has 4 heterocycles. The van der Waals surface area contributed by atoms with Crippen LogP contribution in [0.3, 0.4) is 0 Å². The van der Waals surface area contributed by atoms with E-state index in [4.69, 9.17) is 9.97 Å². The smallest absolute Gasteiger partial charge is 0.225 e. The Morgan fingerprint density at radius 2 is 1.85 bits per heavy atom. The number of hydrogen-bond acceptors (Lipinski definition) is 6. The quantitative estimate of drug-likeness (QED) is 0.556. The van der Waals surface area contributed by atoms with Gasteiger partial charge in [-0.3, -0.25) is 9.69 Å². The number of nitrogens with zero attached hydrogens (tertiary/aromatic N) is 5. The zero-order valence-electron chi connectivity index (χ0n) is 20.0. The van der Waals surface area contributed by atoms with Gasteiger partial charge in [-0.25, -0.2) is 9.97 Å². The summed E-state index contributed by atoms with van der Waals surface area (Å²) in [6, 6.07) is 10.5. The molecule has 34 heavy (non-hydrogen) atoms. The average molecular weight is 476 g/mol. The number of carbonyl (C=O) groups is 1. The van der Waals surface area contributed by atoms with Gasteiger partial charge in [0.2, 0.25) is 5.91 Å². The van der Waals surface area contributed by atoms with Gasteiger partial charge in [-0.15, -0.1) is 11.3 Å². The van der Waals surface area contributed by atoms with Crippen molar-refractivity contribution in [2.24, 2.45) is 5.92 Å². The number of benzene rings is 1. The third-order valence-electron chi connectivity index (χ3n) is 7.80. The molecule has 0 radical (unpaired) electrons. The molecule has 0 N–H and O–H groups in total. The van der Waals surface area contributed by atoms with E-state index >= 15 is 0 Å². The maximum atomic E-state index is 12.8. The molecule has 2 aromatic heterocycles. The molecule has 0 atom stereocenters. The van der Waals surface area contributed by atoms with Crippen molar-refractivity contribution in [3.05, 3.63) is 52.2 Å². The lowest BCUT2D eigenvalue weighted by Crippen LogP contribution is -2.51. The Kier molecular flexibility index (Phi) is 5.99. The Morgan fingerprint density at radius 3 is 2.56 bits per heavy atom. The van der Waals surface area contributed by atoms with Crippen LogP contribution in [-0.2, 0) is 24.2 Å². The van der Waals surface area contributed by atoms with Gasteiger partial charge in [-0.2, -0.15) is 0 Å².